The fraction of sp³-hybridized carbons (Fsp3) is 0.143. The van der Waals surface area contributed by atoms with Crippen molar-refractivity contribution in [3.63, 3.8) is 0 Å². The smallest absolute Gasteiger partial charge is 0.144 e. The van der Waals surface area contributed by atoms with Crippen molar-refractivity contribution in [2.75, 3.05) is 11.9 Å². The van der Waals surface area contributed by atoms with E-state index in [1.807, 2.05) is 6.92 Å². The summed E-state index contributed by atoms with van der Waals surface area (Å²) in [5.74, 6) is 0.229. The number of nitrogens with zero attached hydrogens (tertiary/aromatic N) is 2. The van der Waals surface area contributed by atoms with Gasteiger partial charge in [-0.15, -0.1) is 0 Å². The molecule has 0 aliphatic carbocycles. The van der Waals surface area contributed by atoms with E-state index in [4.69, 9.17) is 5.26 Å². The summed E-state index contributed by atoms with van der Waals surface area (Å²) in [7, 11) is 0. The maximum Gasteiger partial charge on any atom is 0.144 e. The van der Waals surface area contributed by atoms with E-state index >= 15 is 0 Å². The third-order valence-electron chi connectivity index (χ3n) is 2.58. The molecule has 0 amide bonds. The van der Waals surface area contributed by atoms with Gasteiger partial charge >= 0.3 is 0 Å². The van der Waals surface area contributed by atoms with Gasteiger partial charge in [0.25, 0.3) is 0 Å². The van der Waals surface area contributed by atoms with Gasteiger partial charge in [0.15, 0.2) is 0 Å². The quantitative estimate of drug-likeness (QED) is 0.931. The Balaban J connectivity index is 2.48. The Morgan fingerprint density at radius 2 is 2.16 bits per heavy atom. The van der Waals surface area contributed by atoms with Gasteiger partial charge in [0.05, 0.1) is 15.7 Å². The van der Waals surface area contributed by atoms with Crippen molar-refractivity contribution in [2.45, 2.75) is 6.92 Å². The lowest BCUT2D eigenvalue weighted by atomic mass is 10.1. The average Bonchev–Trinajstić information content (AvgIpc) is 2.42. The van der Waals surface area contributed by atoms with E-state index < -0.39 is 0 Å². The molecule has 96 valence electrons. The third kappa shape index (κ3) is 2.91. The van der Waals surface area contributed by atoms with Crippen molar-refractivity contribution in [1.82, 2.24) is 4.98 Å². The molecule has 5 heteroatoms. The van der Waals surface area contributed by atoms with Crippen LogP contribution in [0.4, 0.5) is 10.2 Å². The van der Waals surface area contributed by atoms with Crippen molar-refractivity contribution >= 4 is 21.7 Å². The molecule has 3 nitrogen and oxygen atoms in total. The fourth-order valence-corrected chi connectivity index (χ4v) is 2.05. The number of anilines is 1. The normalized spacial score (nSPS) is 10.0. The Labute approximate surface area is 119 Å². The van der Waals surface area contributed by atoms with E-state index in [1.54, 1.807) is 24.3 Å². The first kappa shape index (κ1) is 13.5. The standard InChI is InChI=1S/C14H11BrFN3/c1-2-18-14-10(8-17)4-6-13(19-14)9-3-5-12(16)11(15)7-9/h3-7H,2H2,1H3,(H,18,19). The first-order valence-corrected chi connectivity index (χ1v) is 6.55. The second kappa shape index (κ2) is 5.81. The van der Waals surface area contributed by atoms with Gasteiger partial charge < -0.3 is 5.32 Å². The van der Waals surface area contributed by atoms with Gasteiger partial charge in [0, 0.05) is 12.1 Å². The zero-order valence-electron chi connectivity index (χ0n) is 10.2. The highest BCUT2D eigenvalue weighted by molar-refractivity contribution is 9.10. The molecule has 0 fully saturated rings. The van der Waals surface area contributed by atoms with Crippen molar-refractivity contribution < 1.29 is 4.39 Å². The van der Waals surface area contributed by atoms with Crippen LogP contribution in [-0.2, 0) is 0 Å². The monoisotopic (exact) mass is 319 g/mol. The predicted molar refractivity (Wildman–Crippen MR) is 76.2 cm³/mol. The summed E-state index contributed by atoms with van der Waals surface area (Å²) in [5, 5.41) is 12.0. The summed E-state index contributed by atoms with van der Waals surface area (Å²) in [6.45, 7) is 2.61. The molecule has 0 aliphatic heterocycles. The van der Waals surface area contributed by atoms with E-state index in [2.05, 4.69) is 32.3 Å². The molecule has 0 aliphatic rings. The molecule has 2 aromatic rings. The summed E-state index contributed by atoms with van der Waals surface area (Å²) in [4.78, 5) is 4.40. The molecule has 0 atom stereocenters. The molecule has 0 radical (unpaired) electrons. The second-order valence-electron chi connectivity index (χ2n) is 3.86. The molecule has 0 spiro atoms. The highest BCUT2D eigenvalue weighted by Crippen LogP contribution is 2.25. The molecule has 2 rings (SSSR count). The second-order valence-corrected chi connectivity index (χ2v) is 4.72. The number of pyridine rings is 1. The number of hydrogen-bond donors (Lipinski definition) is 1. The predicted octanol–water partition coefficient (Wildman–Crippen LogP) is 3.95. The van der Waals surface area contributed by atoms with Crippen LogP contribution in [0.15, 0.2) is 34.8 Å². The van der Waals surface area contributed by atoms with Crippen LogP contribution in [0.1, 0.15) is 12.5 Å². The van der Waals surface area contributed by atoms with E-state index in [9.17, 15) is 4.39 Å². The zero-order chi connectivity index (χ0) is 13.8. The molecule has 0 bridgehead atoms. The summed E-state index contributed by atoms with van der Waals surface area (Å²) >= 11 is 3.15. The Morgan fingerprint density at radius 3 is 2.79 bits per heavy atom. The summed E-state index contributed by atoms with van der Waals surface area (Å²) in [6.07, 6.45) is 0. The van der Waals surface area contributed by atoms with Gasteiger partial charge in [-0.25, -0.2) is 9.37 Å². The molecule has 19 heavy (non-hydrogen) atoms. The van der Waals surface area contributed by atoms with E-state index in [1.165, 1.54) is 6.07 Å². The van der Waals surface area contributed by atoms with Crippen LogP contribution >= 0.6 is 15.9 Å². The first-order chi connectivity index (χ1) is 9.15. The maximum atomic E-state index is 13.2. The number of halogens is 2. The lowest BCUT2D eigenvalue weighted by Gasteiger charge is -2.08. The summed E-state index contributed by atoms with van der Waals surface area (Å²) < 4.78 is 13.6. The Kier molecular flexibility index (Phi) is 4.13. The van der Waals surface area contributed by atoms with E-state index in [-0.39, 0.29) is 5.82 Å². The van der Waals surface area contributed by atoms with Crippen LogP contribution in [-0.4, -0.2) is 11.5 Å². The minimum atomic E-state index is -0.315. The molecule has 1 aromatic heterocycles. The molecule has 1 aromatic carbocycles. The minimum absolute atomic E-state index is 0.315. The molecule has 0 saturated heterocycles. The molecule has 1 heterocycles. The summed E-state index contributed by atoms with van der Waals surface area (Å²) in [6, 6.07) is 10.2. The number of aromatic nitrogens is 1. The maximum absolute atomic E-state index is 13.2. The Morgan fingerprint density at radius 1 is 1.37 bits per heavy atom. The van der Waals surface area contributed by atoms with Crippen molar-refractivity contribution in [2.24, 2.45) is 0 Å². The molecule has 1 N–H and O–H groups in total. The van der Waals surface area contributed by atoms with Gasteiger partial charge in [-0.05, 0) is 53.2 Å². The largest absolute Gasteiger partial charge is 0.369 e. The molecule has 0 saturated carbocycles. The van der Waals surface area contributed by atoms with Crippen molar-refractivity contribution in [1.29, 1.82) is 5.26 Å². The number of rotatable bonds is 3. The summed E-state index contributed by atoms with van der Waals surface area (Å²) in [5.41, 5.74) is 1.97. The van der Waals surface area contributed by atoms with Crippen LogP contribution < -0.4 is 5.32 Å². The highest BCUT2D eigenvalue weighted by Gasteiger charge is 2.08. The SMILES string of the molecule is CCNc1nc(-c2ccc(F)c(Br)c2)ccc1C#N. The molecular weight excluding hydrogens is 309 g/mol. The molecular formula is C14H11BrFN3. The zero-order valence-corrected chi connectivity index (χ0v) is 11.8. The van der Waals surface area contributed by atoms with Gasteiger partial charge in [0.2, 0.25) is 0 Å². The first-order valence-electron chi connectivity index (χ1n) is 5.76. The van der Waals surface area contributed by atoms with Crippen LogP contribution in [0.25, 0.3) is 11.3 Å². The highest BCUT2D eigenvalue weighted by atomic mass is 79.9. The van der Waals surface area contributed by atoms with E-state index in [0.29, 0.717) is 28.1 Å². The number of nitrogens with one attached hydrogen (secondary N) is 1. The van der Waals surface area contributed by atoms with E-state index in [0.717, 1.165) is 5.56 Å². The van der Waals surface area contributed by atoms with Gasteiger partial charge in [0.1, 0.15) is 17.7 Å². The number of nitriles is 1. The lowest BCUT2D eigenvalue weighted by molar-refractivity contribution is 0.621. The van der Waals surface area contributed by atoms with Gasteiger partial charge in [-0.2, -0.15) is 5.26 Å². The van der Waals surface area contributed by atoms with Crippen molar-refractivity contribution in [3.8, 4) is 17.3 Å². The van der Waals surface area contributed by atoms with Crippen LogP contribution in [0, 0.1) is 17.1 Å². The lowest BCUT2D eigenvalue weighted by Crippen LogP contribution is -2.02. The third-order valence-corrected chi connectivity index (χ3v) is 3.18. The van der Waals surface area contributed by atoms with Gasteiger partial charge in [-0.1, -0.05) is 0 Å². The number of benzene rings is 1. The number of hydrogen-bond acceptors (Lipinski definition) is 3. The van der Waals surface area contributed by atoms with Crippen LogP contribution in [0.5, 0.6) is 0 Å². The topological polar surface area (TPSA) is 48.7 Å². The fourth-order valence-electron chi connectivity index (χ4n) is 1.67. The van der Waals surface area contributed by atoms with Gasteiger partial charge in [-0.3, -0.25) is 0 Å². The Bertz CT molecular complexity index is 650. The molecule has 0 unspecified atom stereocenters. The van der Waals surface area contributed by atoms with Crippen molar-refractivity contribution in [3.05, 3.63) is 46.2 Å². The Hall–Kier alpha value is -1.93. The van der Waals surface area contributed by atoms with Crippen LogP contribution in [0.3, 0.4) is 0 Å². The minimum Gasteiger partial charge on any atom is -0.369 e. The van der Waals surface area contributed by atoms with Crippen LogP contribution in [0.2, 0.25) is 0 Å². The average molecular weight is 320 g/mol.